The second-order valence-electron chi connectivity index (χ2n) is 7.92. The van der Waals surface area contributed by atoms with Gasteiger partial charge in [-0.15, -0.1) is 5.92 Å². The Kier molecular flexibility index (Phi) is 22.5. The molecule has 0 aromatic heterocycles. The molecule has 0 radical (unpaired) electrons. The van der Waals surface area contributed by atoms with Crippen LogP contribution in [0.4, 0.5) is 0 Å². The standard InChI is InChI=1S/C27H43N3O7S2/c1-4-5-14-33-16-13-29-25(31)10-7-15-34-17-18-35-19-20-36-26(39-38-3)22-37-24-9-6-8-23(21-24)27(32)30-12-11-28-2/h6,8-9,21,26,28H,7,10-20,22H2,1-3H3,(H,29,31)(H,30,32). The molecule has 39 heavy (non-hydrogen) atoms. The highest BCUT2D eigenvalue weighted by Gasteiger charge is 2.12. The van der Waals surface area contributed by atoms with Gasteiger partial charge in [-0.05, 0) is 44.8 Å². The predicted octanol–water partition coefficient (Wildman–Crippen LogP) is 2.34. The van der Waals surface area contributed by atoms with Crippen LogP contribution in [-0.2, 0) is 23.7 Å². The highest BCUT2D eigenvalue weighted by Crippen LogP contribution is 2.25. The summed E-state index contributed by atoms with van der Waals surface area (Å²) in [7, 11) is 5.00. The van der Waals surface area contributed by atoms with Crippen molar-refractivity contribution in [2.75, 3.05) is 85.8 Å². The first-order chi connectivity index (χ1) is 19.1. The van der Waals surface area contributed by atoms with E-state index in [1.54, 1.807) is 46.7 Å². The fourth-order valence-corrected chi connectivity index (χ4v) is 4.41. The third-order valence-corrected chi connectivity index (χ3v) is 6.76. The average molecular weight is 586 g/mol. The van der Waals surface area contributed by atoms with Crippen molar-refractivity contribution >= 4 is 33.4 Å². The highest BCUT2D eigenvalue weighted by atomic mass is 33.1. The minimum absolute atomic E-state index is 0.0165. The number of likely N-dealkylation sites (N-methyl/N-ethyl adjacent to an activating group) is 1. The molecule has 1 aromatic carbocycles. The lowest BCUT2D eigenvalue weighted by atomic mass is 10.2. The van der Waals surface area contributed by atoms with Crippen LogP contribution in [0.15, 0.2) is 24.3 Å². The van der Waals surface area contributed by atoms with Crippen molar-refractivity contribution < 1.29 is 33.3 Å². The third kappa shape index (κ3) is 19.7. The van der Waals surface area contributed by atoms with Crippen molar-refractivity contribution in [2.45, 2.75) is 25.2 Å². The van der Waals surface area contributed by atoms with Crippen molar-refractivity contribution in [3.8, 4) is 17.6 Å². The van der Waals surface area contributed by atoms with E-state index in [1.165, 1.54) is 0 Å². The molecule has 1 unspecified atom stereocenters. The normalized spacial score (nSPS) is 11.4. The first-order valence-electron chi connectivity index (χ1n) is 13.0. The highest BCUT2D eigenvalue weighted by molar-refractivity contribution is 8.76. The Bertz CT molecular complexity index is 852. The van der Waals surface area contributed by atoms with Crippen LogP contribution >= 0.6 is 21.6 Å². The molecule has 0 aliphatic heterocycles. The zero-order valence-corrected chi connectivity index (χ0v) is 24.9. The van der Waals surface area contributed by atoms with Crippen LogP contribution in [0.5, 0.6) is 5.75 Å². The van der Waals surface area contributed by atoms with Crippen molar-refractivity contribution in [1.29, 1.82) is 0 Å². The number of nitrogens with one attached hydrogen (secondary N) is 3. The fourth-order valence-electron chi connectivity index (χ4n) is 2.95. The molecule has 0 aliphatic rings. The number of carbonyl (C=O) groups is 2. The molecule has 220 valence electrons. The van der Waals surface area contributed by atoms with Gasteiger partial charge >= 0.3 is 0 Å². The maximum atomic E-state index is 12.2. The summed E-state index contributed by atoms with van der Waals surface area (Å²) >= 11 is 0. The van der Waals surface area contributed by atoms with Gasteiger partial charge < -0.3 is 39.6 Å². The van der Waals surface area contributed by atoms with Crippen LogP contribution in [0.3, 0.4) is 0 Å². The number of ether oxygens (including phenoxy) is 5. The smallest absolute Gasteiger partial charge is 0.251 e. The van der Waals surface area contributed by atoms with E-state index >= 15 is 0 Å². The molecule has 2 amide bonds. The molecule has 0 fully saturated rings. The van der Waals surface area contributed by atoms with Crippen molar-refractivity contribution in [3.63, 3.8) is 0 Å². The van der Waals surface area contributed by atoms with Gasteiger partial charge in [0.25, 0.3) is 5.91 Å². The Labute approximate surface area is 240 Å². The number of rotatable bonds is 24. The van der Waals surface area contributed by atoms with Crippen LogP contribution in [0.25, 0.3) is 0 Å². The minimum atomic E-state index is -0.185. The Morgan fingerprint density at radius 3 is 2.54 bits per heavy atom. The predicted molar refractivity (Wildman–Crippen MR) is 157 cm³/mol. The van der Waals surface area contributed by atoms with E-state index in [4.69, 9.17) is 23.7 Å². The van der Waals surface area contributed by atoms with Gasteiger partial charge in [0.15, 0.2) is 0 Å². The van der Waals surface area contributed by atoms with E-state index in [-0.39, 0.29) is 17.3 Å². The van der Waals surface area contributed by atoms with Gasteiger partial charge in [-0.1, -0.05) is 33.6 Å². The van der Waals surface area contributed by atoms with Gasteiger partial charge in [-0.25, -0.2) is 0 Å². The lowest BCUT2D eigenvalue weighted by Gasteiger charge is -2.17. The lowest BCUT2D eigenvalue weighted by molar-refractivity contribution is -0.121. The molecular weight excluding hydrogens is 542 g/mol. The van der Waals surface area contributed by atoms with Crippen LogP contribution in [-0.4, -0.2) is 103 Å². The number of benzene rings is 1. The summed E-state index contributed by atoms with van der Waals surface area (Å²) in [5, 5.41) is 8.65. The van der Waals surface area contributed by atoms with Crippen LogP contribution in [0.2, 0.25) is 0 Å². The quantitative estimate of drug-likeness (QED) is 0.0723. The number of hydrogen-bond acceptors (Lipinski definition) is 10. The molecular formula is C27H43N3O7S2. The van der Waals surface area contributed by atoms with Gasteiger partial charge in [0, 0.05) is 38.2 Å². The van der Waals surface area contributed by atoms with E-state index in [0.717, 1.165) is 0 Å². The van der Waals surface area contributed by atoms with Gasteiger partial charge in [0.2, 0.25) is 5.91 Å². The molecule has 0 saturated carbocycles. The second kappa shape index (κ2) is 25.0. The summed E-state index contributed by atoms with van der Waals surface area (Å²) in [5.74, 6) is 6.01. The Morgan fingerprint density at radius 2 is 1.77 bits per heavy atom. The van der Waals surface area contributed by atoms with Crippen molar-refractivity contribution in [3.05, 3.63) is 29.8 Å². The third-order valence-electron chi connectivity index (χ3n) is 4.86. The van der Waals surface area contributed by atoms with E-state index in [9.17, 15) is 9.59 Å². The summed E-state index contributed by atoms with van der Waals surface area (Å²) in [6, 6.07) is 7.10. The topological polar surface area (TPSA) is 116 Å². The summed E-state index contributed by atoms with van der Waals surface area (Å²) in [6.07, 6.45) is 3.04. The number of hydrogen-bond donors (Lipinski definition) is 3. The molecule has 1 atom stereocenters. The second-order valence-corrected chi connectivity index (χ2v) is 10.5. The Hall–Kier alpha value is -1.98. The maximum Gasteiger partial charge on any atom is 0.251 e. The first-order valence-corrected chi connectivity index (χ1v) is 15.6. The Morgan fingerprint density at radius 1 is 0.974 bits per heavy atom. The van der Waals surface area contributed by atoms with E-state index < -0.39 is 0 Å². The minimum Gasteiger partial charge on any atom is -0.490 e. The van der Waals surface area contributed by atoms with Gasteiger partial charge in [0.1, 0.15) is 24.4 Å². The van der Waals surface area contributed by atoms with E-state index in [0.29, 0.717) is 96.6 Å². The fraction of sp³-hybridized carbons (Fsp3) is 0.630. The maximum absolute atomic E-state index is 12.2. The molecule has 1 rings (SSSR count). The molecule has 1 aromatic rings. The van der Waals surface area contributed by atoms with E-state index in [1.807, 2.05) is 19.4 Å². The summed E-state index contributed by atoms with van der Waals surface area (Å²) in [5.41, 5.74) is 0.368. The molecule has 0 heterocycles. The molecule has 3 N–H and O–H groups in total. The average Bonchev–Trinajstić information content (AvgIpc) is 2.94. The lowest BCUT2D eigenvalue weighted by Crippen LogP contribution is -2.30. The molecule has 0 aliphatic carbocycles. The monoisotopic (exact) mass is 585 g/mol. The molecule has 0 bridgehead atoms. The summed E-state index contributed by atoms with van der Waals surface area (Å²) in [6.45, 7) is 6.94. The van der Waals surface area contributed by atoms with Gasteiger partial charge in [-0.2, -0.15) is 0 Å². The molecule has 0 spiro atoms. The van der Waals surface area contributed by atoms with Crippen LogP contribution in [0.1, 0.15) is 30.1 Å². The first kappa shape index (κ1) is 35.0. The van der Waals surface area contributed by atoms with Crippen LogP contribution < -0.4 is 20.7 Å². The Balaban J connectivity index is 2.10. The summed E-state index contributed by atoms with van der Waals surface area (Å²) in [4.78, 5) is 24.0. The van der Waals surface area contributed by atoms with Crippen molar-refractivity contribution in [1.82, 2.24) is 16.0 Å². The molecule has 10 nitrogen and oxygen atoms in total. The SMILES string of the molecule is CC#CCOCCNC(=O)CCCOCCOCCOC(COc1cccc(C(=O)NCCNC)c1)SSC. The largest absolute Gasteiger partial charge is 0.490 e. The van der Waals surface area contributed by atoms with Crippen LogP contribution in [0, 0.1) is 11.8 Å². The molecule has 0 saturated heterocycles. The number of carbonyl (C=O) groups excluding carboxylic acids is 2. The van der Waals surface area contributed by atoms with Crippen molar-refractivity contribution in [2.24, 2.45) is 0 Å². The van der Waals surface area contributed by atoms with E-state index in [2.05, 4.69) is 27.8 Å². The van der Waals surface area contributed by atoms with Gasteiger partial charge in [-0.3, -0.25) is 9.59 Å². The zero-order chi connectivity index (χ0) is 28.4. The summed E-state index contributed by atoms with van der Waals surface area (Å²) < 4.78 is 28.1. The van der Waals surface area contributed by atoms with Gasteiger partial charge in [0.05, 0.1) is 33.0 Å². The number of amides is 2. The molecule has 12 heteroatoms. The zero-order valence-electron chi connectivity index (χ0n) is 23.3.